The molecule has 0 bridgehead atoms. The molecule has 3 aromatic rings. The third kappa shape index (κ3) is 3.78. The molecule has 0 aliphatic carbocycles. The normalized spacial score (nSPS) is 11.6. The maximum absolute atomic E-state index is 13.1. The number of sulfone groups is 1. The number of aromatic nitrogens is 2. The minimum absolute atomic E-state index is 0.0869. The van der Waals surface area contributed by atoms with Crippen LogP contribution in [-0.2, 0) is 9.84 Å². The van der Waals surface area contributed by atoms with Crippen molar-refractivity contribution in [3.8, 4) is 16.9 Å². The molecule has 0 amide bonds. The zero-order chi connectivity index (χ0) is 17.9. The van der Waals surface area contributed by atoms with Crippen LogP contribution in [0.3, 0.4) is 0 Å². The summed E-state index contributed by atoms with van der Waals surface area (Å²) in [6.07, 6.45) is 1.84. The molecular formula is C18H17FN2O3S. The number of rotatable bonds is 6. The highest BCUT2D eigenvalue weighted by Crippen LogP contribution is 2.24. The summed E-state index contributed by atoms with van der Waals surface area (Å²) in [5, 5.41) is 13.1. The first-order valence-corrected chi connectivity index (χ1v) is 9.40. The average Bonchev–Trinajstić information content (AvgIpc) is 3.10. The van der Waals surface area contributed by atoms with E-state index in [0.717, 1.165) is 11.3 Å². The van der Waals surface area contributed by atoms with Gasteiger partial charge in [-0.25, -0.2) is 17.5 Å². The summed E-state index contributed by atoms with van der Waals surface area (Å²) in [6.45, 7) is -0.159. The van der Waals surface area contributed by atoms with Gasteiger partial charge in [-0.05, 0) is 48.9 Å². The van der Waals surface area contributed by atoms with Crippen LogP contribution in [-0.4, -0.2) is 35.7 Å². The van der Waals surface area contributed by atoms with Gasteiger partial charge in [0.1, 0.15) is 5.82 Å². The maximum atomic E-state index is 13.1. The lowest BCUT2D eigenvalue weighted by Gasteiger charge is -2.09. The summed E-state index contributed by atoms with van der Waals surface area (Å²) < 4.78 is 39.0. The third-order valence-corrected chi connectivity index (χ3v) is 5.61. The largest absolute Gasteiger partial charge is 0.396 e. The van der Waals surface area contributed by atoms with E-state index < -0.39 is 9.84 Å². The molecule has 25 heavy (non-hydrogen) atoms. The number of halogens is 1. The van der Waals surface area contributed by atoms with Crippen LogP contribution in [0.2, 0.25) is 0 Å². The second kappa shape index (κ2) is 7.16. The molecule has 3 rings (SSSR count). The molecule has 0 saturated heterocycles. The zero-order valence-corrected chi connectivity index (χ0v) is 14.2. The van der Waals surface area contributed by atoms with E-state index in [-0.39, 0.29) is 29.5 Å². The Labute approximate surface area is 145 Å². The van der Waals surface area contributed by atoms with Crippen molar-refractivity contribution >= 4 is 9.84 Å². The lowest BCUT2D eigenvalue weighted by Crippen LogP contribution is -2.08. The standard InChI is InChI=1S/C18H17FN2O3S/c19-15-4-6-16(7-5-15)21-18(10-11-20-21)14-2-8-17(9-3-14)25(23,24)13-1-12-22/h2-11,22H,1,12-13H2. The minimum Gasteiger partial charge on any atom is -0.396 e. The fraction of sp³-hybridized carbons (Fsp3) is 0.167. The van der Waals surface area contributed by atoms with Crippen molar-refractivity contribution < 1.29 is 17.9 Å². The lowest BCUT2D eigenvalue weighted by atomic mass is 10.1. The maximum Gasteiger partial charge on any atom is 0.178 e. The average molecular weight is 360 g/mol. The van der Waals surface area contributed by atoms with Crippen LogP contribution in [0.4, 0.5) is 4.39 Å². The molecule has 1 N–H and O–H groups in total. The number of benzene rings is 2. The Hall–Kier alpha value is -2.51. The zero-order valence-electron chi connectivity index (χ0n) is 13.3. The predicted octanol–water partition coefficient (Wildman–Crippen LogP) is 2.83. The quantitative estimate of drug-likeness (QED) is 0.734. The van der Waals surface area contributed by atoms with Gasteiger partial charge in [-0.1, -0.05) is 12.1 Å². The number of hydrogen-bond acceptors (Lipinski definition) is 4. The minimum atomic E-state index is -3.40. The molecule has 0 spiro atoms. The summed E-state index contributed by atoms with van der Waals surface area (Å²) in [7, 11) is -3.40. The van der Waals surface area contributed by atoms with Gasteiger partial charge in [0, 0.05) is 12.2 Å². The van der Waals surface area contributed by atoms with E-state index in [0.29, 0.717) is 5.69 Å². The molecule has 7 heteroatoms. The molecule has 130 valence electrons. The van der Waals surface area contributed by atoms with Gasteiger partial charge in [-0.2, -0.15) is 5.10 Å². The van der Waals surface area contributed by atoms with Crippen LogP contribution in [0.5, 0.6) is 0 Å². The number of aliphatic hydroxyl groups is 1. The summed E-state index contributed by atoms with van der Waals surface area (Å²) >= 11 is 0. The molecule has 2 aromatic carbocycles. The Bertz CT molecular complexity index is 949. The van der Waals surface area contributed by atoms with E-state index in [2.05, 4.69) is 5.10 Å². The third-order valence-electron chi connectivity index (χ3n) is 3.79. The second-order valence-electron chi connectivity index (χ2n) is 5.53. The lowest BCUT2D eigenvalue weighted by molar-refractivity contribution is 0.295. The highest BCUT2D eigenvalue weighted by molar-refractivity contribution is 7.91. The van der Waals surface area contributed by atoms with Crippen LogP contribution in [0.25, 0.3) is 16.9 Å². The summed E-state index contributed by atoms with van der Waals surface area (Å²) in [4.78, 5) is 0.220. The first-order chi connectivity index (χ1) is 12.0. The number of hydrogen-bond donors (Lipinski definition) is 1. The van der Waals surface area contributed by atoms with Crippen LogP contribution in [0, 0.1) is 5.82 Å². The summed E-state index contributed by atoms with van der Waals surface area (Å²) in [6, 6.07) is 14.3. The van der Waals surface area contributed by atoms with E-state index in [4.69, 9.17) is 5.11 Å². The molecule has 0 saturated carbocycles. The van der Waals surface area contributed by atoms with Crippen molar-refractivity contribution in [3.63, 3.8) is 0 Å². The van der Waals surface area contributed by atoms with Gasteiger partial charge in [0.25, 0.3) is 0 Å². The Morgan fingerprint density at radius 1 is 1.00 bits per heavy atom. The van der Waals surface area contributed by atoms with Gasteiger partial charge in [0.15, 0.2) is 9.84 Å². The molecule has 0 unspecified atom stereocenters. The molecule has 0 fully saturated rings. The molecule has 1 aromatic heterocycles. The van der Waals surface area contributed by atoms with E-state index in [9.17, 15) is 12.8 Å². The first-order valence-electron chi connectivity index (χ1n) is 7.75. The molecule has 0 aliphatic heterocycles. The summed E-state index contributed by atoms with van der Waals surface area (Å²) in [5.74, 6) is -0.411. The van der Waals surface area contributed by atoms with Crippen molar-refractivity contribution in [1.82, 2.24) is 9.78 Å². The molecular weight excluding hydrogens is 343 g/mol. The molecule has 0 radical (unpaired) electrons. The molecule has 1 heterocycles. The SMILES string of the molecule is O=S(=O)(CCCO)c1ccc(-c2ccnn2-c2ccc(F)cc2)cc1. The predicted molar refractivity (Wildman–Crippen MR) is 92.7 cm³/mol. The Kier molecular flexibility index (Phi) is 4.96. The van der Waals surface area contributed by atoms with Gasteiger partial charge in [0.2, 0.25) is 0 Å². The highest BCUT2D eigenvalue weighted by atomic mass is 32.2. The second-order valence-corrected chi connectivity index (χ2v) is 7.63. The topological polar surface area (TPSA) is 72.2 Å². The number of nitrogens with zero attached hydrogens (tertiary/aromatic N) is 2. The van der Waals surface area contributed by atoms with Crippen molar-refractivity contribution in [3.05, 3.63) is 66.6 Å². The molecule has 0 aliphatic rings. The monoisotopic (exact) mass is 360 g/mol. The van der Waals surface area contributed by atoms with Gasteiger partial charge < -0.3 is 5.11 Å². The fourth-order valence-corrected chi connectivity index (χ4v) is 3.81. The Morgan fingerprint density at radius 3 is 2.32 bits per heavy atom. The van der Waals surface area contributed by atoms with Gasteiger partial charge >= 0.3 is 0 Å². The fourth-order valence-electron chi connectivity index (χ4n) is 2.52. The smallest absolute Gasteiger partial charge is 0.178 e. The van der Waals surface area contributed by atoms with Gasteiger partial charge in [0.05, 0.1) is 28.2 Å². The van der Waals surface area contributed by atoms with Gasteiger partial charge in [-0.15, -0.1) is 0 Å². The van der Waals surface area contributed by atoms with Crippen LogP contribution in [0.1, 0.15) is 6.42 Å². The number of aliphatic hydroxyl groups excluding tert-OH is 1. The molecule has 5 nitrogen and oxygen atoms in total. The van der Waals surface area contributed by atoms with Crippen molar-refractivity contribution in [2.24, 2.45) is 0 Å². The highest BCUT2D eigenvalue weighted by Gasteiger charge is 2.15. The summed E-state index contributed by atoms with van der Waals surface area (Å²) in [5.41, 5.74) is 2.27. The van der Waals surface area contributed by atoms with Crippen molar-refractivity contribution in [1.29, 1.82) is 0 Å². The van der Waals surface area contributed by atoms with E-state index >= 15 is 0 Å². The van der Waals surface area contributed by atoms with Crippen molar-refractivity contribution in [2.45, 2.75) is 11.3 Å². The van der Waals surface area contributed by atoms with E-state index in [1.54, 1.807) is 53.3 Å². The van der Waals surface area contributed by atoms with E-state index in [1.807, 2.05) is 0 Å². The Balaban J connectivity index is 1.92. The van der Waals surface area contributed by atoms with Crippen LogP contribution in [0.15, 0.2) is 65.7 Å². The van der Waals surface area contributed by atoms with Crippen molar-refractivity contribution in [2.75, 3.05) is 12.4 Å². The first kappa shape index (κ1) is 17.3. The van der Waals surface area contributed by atoms with Crippen LogP contribution >= 0.6 is 0 Å². The van der Waals surface area contributed by atoms with Crippen LogP contribution < -0.4 is 0 Å². The van der Waals surface area contributed by atoms with E-state index in [1.165, 1.54) is 12.1 Å². The van der Waals surface area contributed by atoms with Gasteiger partial charge in [-0.3, -0.25) is 0 Å². The molecule has 0 atom stereocenters. The Morgan fingerprint density at radius 2 is 1.68 bits per heavy atom.